The number of aromatic amines is 1. The smallest absolute Gasteiger partial charge is 0.272 e. The Hall–Kier alpha value is -2.28. The number of rotatable bonds is 3. The Kier molecular flexibility index (Phi) is 3.66. The van der Waals surface area contributed by atoms with Gasteiger partial charge in [0.15, 0.2) is 5.69 Å². The average Bonchev–Trinajstić information content (AvgIpc) is 2.91. The highest BCUT2D eigenvalue weighted by molar-refractivity contribution is 6.04. The third kappa shape index (κ3) is 2.78. The lowest BCUT2D eigenvalue weighted by atomic mass is 10.1. The monoisotopic (exact) mass is 290 g/mol. The topological polar surface area (TPSA) is 86.9 Å². The molecule has 1 aromatic heterocycles. The zero-order valence-electron chi connectivity index (χ0n) is 11.2. The summed E-state index contributed by atoms with van der Waals surface area (Å²) in [6.45, 7) is 0.648. The zero-order valence-corrected chi connectivity index (χ0v) is 11.2. The molecule has 3 N–H and O–H groups in total. The number of fused-ring (bicyclic) bond motifs is 1. The molecule has 0 aliphatic carbocycles. The minimum Gasteiger partial charge on any atom is -0.349 e. The number of hydrogen-bond acceptors (Lipinski definition) is 4. The molecule has 7 heteroatoms. The van der Waals surface area contributed by atoms with Gasteiger partial charge in [-0.2, -0.15) is 5.10 Å². The highest BCUT2D eigenvalue weighted by Crippen LogP contribution is 2.13. The largest absolute Gasteiger partial charge is 0.349 e. The third-order valence-corrected chi connectivity index (χ3v) is 3.59. The molecule has 1 saturated heterocycles. The van der Waals surface area contributed by atoms with Crippen LogP contribution in [0, 0.1) is 0 Å². The van der Waals surface area contributed by atoms with Crippen LogP contribution < -0.4 is 16.2 Å². The lowest BCUT2D eigenvalue weighted by molar-refractivity contribution is 0.0945. The maximum atomic E-state index is 13.0. The van der Waals surface area contributed by atoms with Gasteiger partial charge in [0, 0.05) is 24.5 Å². The number of aromatic nitrogens is 2. The quantitative estimate of drug-likeness (QED) is 0.761. The van der Waals surface area contributed by atoms with Crippen molar-refractivity contribution in [1.29, 1.82) is 0 Å². The summed E-state index contributed by atoms with van der Waals surface area (Å²) in [5.74, 6) is -0.383. The molecule has 1 aliphatic rings. The van der Waals surface area contributed by atoms with E-state index in [-0.39, 0.29) is 23.2 Å². The van der Waals surface area contributed by atoms with Gasteiger partial charge in [-0.05, 0) is 12.5 Å². The summed E-state index contributed by atoms with van der Waals surface area (Å²) in [4.78, 5) is 23.8. The molecule has 0 bridgehead atoms. The van der Waals surface area contributed by atoms with E-state index in [0.29, 0.717) is 30.3 Å². The van der Waals surface area contributed by atoms with Crippen LogP contribution in [0.15, 0.2) is 29.1 Å². The van der Waals surface area contributed by atoms with E-state index in [1.54, 1.807) is 24.3 Å². The predicted octanol–water partition coefficient (Wildman–Crippen LogP) is 0.353. The van der Waals surface area contributed by atoms with Gasteiger partial charge in [0.05, 0.1) is 5.39 Å². The number of carbonyl (C=O) groups excluding carboxylic acids is 1. The Morgan fingerprint density at radius 1 is 1.38 bits per heavy atom. The fraction of sp³-hybridized carbons (Fsp3) is 0.357. The van der Waals surface area contributed by atoms with Crippen LogP contribution in [0.25, 0.3) is 10.8 Å². The van der Waals surface area contributed by atoms with Gasteiger partial charge in [0.2, 0.25) is 0 Å². The summed E-state index contributed by atoms with van der Waals surface area (Å²) < 4.78 is 13.0. The number of nitrogens with zero attached hydrogens (tertiary/aromatic N) is 1. The standard InChI is InChI=1S/C14H15FN4O2/c15-8-5-9(16-6-8)7-17-14(21)12-10-3-1-2-4-11(10)13(20)19-18-12/h1-4,8-9,16H,5-7H2,(H,17,21)(H,19,20)/t8-,9-/m0/s1. The molecule has 2 atom stereocenters. The van der Waals surface area contributed by atoms with Crippen LogP contribution in [0.4, 0.5) is 4.39 Å². The zero-order chi connectivity index (χ0) is 14.8. The molecule has 110 valence electrons. The Balaban J connectivity index is 1.79. The molecule has 2 aromatic rings. The first-order chi connectivity index (χ1) is 10.1. The molecular formula is C14H15FN4O2. The number of benzene rings is 1. The molecule has 21 heavy (non-hydrogen) atoms. The van der Waals surface area contributed by atoms with Crippen molar-refractivity contribution in [3.8, 4) is 0 Å². The molecule has 2 heterocycles. The van der Waals surface area contributed by atoms with Gasteiger partial charge < -0.3 is 10.6 Å². The number of carbonyl (C=O) groups is 1. The Morgan fingerprint density at radius 3 is 2.86 bits per heavy atom. The van der Waals surface area contributed by atoms with Crippen molar-refractivity contribution in [2.24, 2.45) is 0 Å². The number of alkyl halides is 1. The molecule has 0 saturated carbocycles. The SMILES string of the molecule is O=C(NC[C@@H]1C[C@H](F)CN1)c1n[nH]c(=O)c2ccccc12. The highest BCUT2D eigenvalue weighted by atomic mass is 19.1. The molecule has 1 aromatic carbocycles. The van der Waals surface area contributed by atoms with Crippen molar-refractivity contribution in [3.63, 3.8) is 0 Å². The number of hydrogen-bond donors (Lipinski definition) is 3. The van der Waals surface area contributed by atoms with Gasteiger partial charge in [-0.25, -0.2) is 9.49 Å². The summed E-state index contributed by atoms with van der Waals surface area (Å²) in [6.07, 6.45) is -0.473. The second-order valence-electron chi connectivity index (χ2n) is 5.10. The van der Waals surface area contributed by atoms with Crippen molar-refractivity contribution in [2.45, 2.75) is 18.6 Å². The second kappa shape index (κ2) is 5.61. The van der Waals surface area contributed by atoms with E-state index in [9.17, 15) is 14.0 Å². The average molecular weight is 290 g/mol. The molecule has 0 radical (unpaired) electrons. The number of halogens is 1. The Bertz CT molecular complexity index is 730. The number of H-pyrrole nitrogens is 1. The summed E-state index contributed by atoms with van der Waals surface area (Å²) in [5, 5.41) is 12.8. The lowest BCUT2D eigenvalue weighted by Gasteiger charge is -2.11. The van der Waals surface area contributed by atoms with Crippen LogP contribution in [0.5, 0.6) is 0 Å². The summed E-state index contributed by atoms with van der Waals surface area (Å²) in [6, 6.07) is 6.71. The van der Waals surface area contributed by atoms with E-state index in [1.807, 2.05) is 0 Å². The van der Waals surface area contributed by atoms with Crippen molar-refractivity contribution in [2.75, 3.05) is 13.1 Å². The van der Waals surface area contributed by atoms with Gasteiger partial charge in [-0.15, -0.1) is 0 Å². The fourth-order valence-corrected chi connectivity index (χ4v) is 2.51. The van der Waals surface area contributed by atoms with E-state index >= 15 is 0 Å². The van der Waals surface area contributed by atoms with E-state index < -0.39 is 6.17 Å². The van der Waals surface area contributed by atoms with Crippen LogP contribution in [0.3, 0.4) is 0 Å². The minimum absolute atomic E-state index is 0.0713. The van der Waals surface area contributed by atoms with Gasteiger partial charge in [-0.3, -0.25) is 9.59 Å². The molecule has 6 nitrogen and oxygen atoms in total. The molecule has 1 aliphatic heterocycles. The normalized spacial score (nSPS) is 21.6. The van der Waals surface area contributed by atoms with Crippen molar-refractivity contribution >= 4 is 16.7 Å². The van der Waals surface area contributed by atoms with E-state index in [4.69, 9.17) is 0 Å². The van der Waals surface area contributed by atoms with Crippen LogP contribution >= 0.6 is 0 Å². The highest BCUT2D eigenvalue weighted by Gasteiger charge is 2.24. The minimum atomic E-state index is -0.862. The van der Waals surface area contributed by atoms with E-state index in [1.165, 1.54) is 0 Å². The van der Waals surface area contributed by atoms with Gasteiger partial charge in [-0.1, -0.05) is 18.2 Å². The van der Waals surface area contributed by atoms with Crippen LogP contribution in [-0.2, 0) is 0 Å². The summed E-state index contributed by atoms with van der Waals surface area (Å²) >= 11 is 0. The second-order valence-corrected chi connectivity index (χ2v) is 5.10. The van der Waals surface area contributed by atoms with Crippen molar-refractivity contribution in [3.05, 3.63) is 40.3 Å². The van der Waals surface area contributed by atoms with Crippen LogP contribution in [0.2, 0.25) is 0 Å². The molecule has 1 fully saturated rings. The first kappa shape index (κ1) is 13.7. The Morgan fingerprint density at radius 2 is 2.14 bits per heavy atom. The maximum absolute atomic E-state index is 13.0. The number of nitrogens with one attached hydrogen (secondary N) is 3. The first-order valence-corrected chi connectivity index (χ1v) is 6.78. The first-order valence-electron chi connectivity index (χ1n) is 6.78. The lowest BCUT2D eigenvalue weighted by Crippen LogP contribution is -2.37. The van der Waals surface area contributed by atoms with Crippen molar-refractivity contribution < 1.29 is 9.18 Å². The predicted molar refractivity (Wildman–Crippen MR) is 76.0 cm³/mol. The molecule has 3 rings (SSSR count). The Labute approximate surface area is 119 Å². The molecule has 0 unspecified atom stereocenters. The number of amides is 1. The van der Waals surface area contributed by atoms with Gasteiger partial charge in [0.1, 0.15) is 6.17 Å². The van der Waals surface area contributed by atoms with E-state index in [0.717, 1.165) is 0 Å². The van der Waals surface area contributed by atoms with Crippen molar-refractivity contribution in [1.82, 2.24) is 20.8 Å². The van der Waals surface area contributed by atoms with Crippen LogP contribution in [0.1, 0.15) is 16.9 Å². The summed E-state index contributed by atoms with van der Waals surface area (Å²) in [5.41, 5.74) is -0.167. The van der Waals surface area contributed by atoms with Gasteiger partial charge in [0.25, 0.3) is 11.5 Å². The third-order valence-electron chi connectivity index (χ3n) is 3.59. The maximum Gasteiger partial charge on any atom is 0.272 e. The van der Waals surface area contributed by atoms with Gasteiger partial charge >= 0.3 is 0 Å². The molecule has 1 amide bonds. The van der Waals surface area contributed by atoms with E-state index in [2.05, 4.69) is 20.8 Å². The fourth-order valence-electron chi connectivity index (χ4n) is 2.51. The summed E-state index contributed by atoms with van der Waals surface area (Å²) in [7, 11) is 0. The molecule has 0 spiro atoms. The molecular weight excluding hydrogens is 275 g/mol. The van der Waals surface area contributed by atoms with Crippen LogP contribution in [-0.4, -0.2) is 41.4 Å².